The zero-order chi connectivity index (χ0) is 16.6. The van der Waals surface area contributed by atoms with Crippen molar-refractivity contribution in [2.45, 2.75) is 50.4 Å². The first-order valence-corrected chi connectivity index (χ1v) is 7.95. The maximum atomic E-state index is 12.9. The molecule has 1 saturated heterocycles. The van der Waals surface area contributed by atoms with E-state index in [0.717, 1.165) is 30.4 Å². The van der Waals surface area contributed by atoms with Gasteiger partial charge in [-0.05, 0) is 25.7 Å². The van der Waals surface area contributed by atoms with Gasteiger partial charge < -0.3 is 10.1 Å². The van der Waals surface area contributed by atoms with Gasteiger partial charge in [-0.3, -0.25) is 9.48 Å². The van der Waals surface area contributed by atoms with E-state index in [9.17, 15) is 18.0 Å². The van der Waals surface area contributed by atoms with E-state index in [1.807, 2.05) is 0 Å². The Balaban J connectivity index is 1.69. The van der Waals surface area contributed by atoms with Crippen molar-refractivity contribution in [1.29, 1.82) is 0 Å². The smallest absolute Gasteiger partial charge is 0.376 e. The zero-order valence-corrected chi connectivity index (χ0v) is 13.1. The number of nitrogens with one attached hydrogen (secondary N) is 1. The van der Waals surface area contributed by atoms with E-state index in [0.29, 0.717) is 18.8 Å². The highest BCUT2D eigenvalue weighted by molar-refractivity contribution is 6.32. The van der Waals surface area contributed by atoms with Crippen molar-refractivity contribution >= 4 is 17.5 Å². The molecular formula is C14H17ClF3N3O2. The number of aromatic nitrogens is 2. The Bertz CT molecular complexity index is 593. The fourth-order valence-electron chi connectivity index (χ4n) is 2.73. The molecule has 1 aromatic heterocycles. The lowest BCUT2D eigenvalue weighted by atomic mass is 10.2. The summed E-state index contributed by atoms with van der Waals surface area (Å²) in [6, 6.07) is 0. The third-order valence-electron chi connectivity index (χ3n) is 4.01. The summed E-state index contributed by atoms with van der Waals surface area (Å²) in [6.45, 7) is 0.767. The van der Waals surface area contributed by atoms with E-state index in [1.165, 1.54) is 0 Å². The van der Waals surface area contributed by atoms with E-state index in [4.69, 9.17) is 16.3 Å². The molecule has 2 heterocycles. The van der Waals surface area contributed by atoms with Crippen LogP contribution in [0.5, 0.6) is 0 Å². The topological polar surface area (TPSA) is 56.2 Å². The Morgan fingerprint density at radius 3 is 2.70 bits per heavy atom. The highest BCUT2D eigenvalue weighted by atomic mass is 35.5. The molecule has 2 fully saturated rings. The maximum Gasteiger partial charge on any atom is 0.436 e. The number of halogens is 4. The van der Waals surface area contributed by atoms with Crippen LogP contribution in [0.2, 0.25) is 5.02 Å². The largest absolute Gasteiger partial charge is 0.436 e. The number of amides is 1. The quantitative estimate of drug-likeness (QED) is 0.887. The van der Waals surface area contributed by atoms with Gasteiger partial charge in [0.05, 0.1) is 16.8 Å². The minimum atomic E-state index is -4.62. The second-order valence-electron chi connectivity index (χ2n) is 5.92. The number of carbonyl (C=O) groups is 1. The Morgan fingerprint density at radius 2 is 2.13 bits per heavy atom. The van der Waals surface area contributed by atoms with Crippen LogP contribution in [0.15, 0.2) is 0 Å². The fourth-order valence-corrected chi connectivity index (χ4v) is 3.12. The number of alkyl halides is 3. The summed E-state index contributed by atoms with van der Waals surface area (Å²) in [4.78, 5) is 12.0. The van der Waals surface area contributed by atoms with Gasteiger partial charge in [0, 0.05) is 19.1 Å². The van der Waals surface area contributed by atoms with Crippen molar-refractivity contribution < 1.29 is 22.7 Å². The number of rotatable bonds is 5. The van der Waals surface area contributed by atoms with Gasteiger partial charge in [0.2, 0.25) is 5.91 Å². The molecule has 3 rings (SSSR count). The molecule has 1 aliphatic carbocycles. The second kappa shape index (κ2) is 6.32. The van der Waals surface area contributed by atoms with Gasteiger partial charge in [0.15, 0.2) is 5.69 Å². The first kappa shape index (κ1) is 16.6. The van der Waals surface area contributed by atoms with Crippen LogP contribution in [0.25, 0.3) is 0 Å². The summed E-state index contributed by atoms with van der Waals surface area (Å²) in [7, 11) is 0. The number of carbonyl (C=O) groups excluding carboxylic acids is 1. The third kappa shape index (κ3) is 3.80. The summed E-state index contributed by atoms with van der Waals surface area (Å²) < 4.78 is 45.3. The van der Waals surface area contributed by atoms with Crippen LogP contribution in [0, 0.1) is 0 Å². The third-order valence-corrected chi connectivity index (χ3v) is 4.38. The van der Waals surface area contributed by atoms with Crippen LogP contribution < -0.4 is 5.32 Å². The molecule has 0 spiro atoms. The van der Waals surface area contributed by atoms with Gasteiger partial charge in [-0.1, -0.05) is 11.6 Å². The van der Waals surface area contributed by atoms with Gasteiger partial charge >= 0.3 is 6.18 Å². The Hall–Kier alpha value is -1.28. The Morgan fingerprint density at radius 1 is 1.39 bits per heavy atom. The molecule has 1 aromatic rings. The minimum absolute atomic E-state index is 0.0196. The zero-order valence-electron chi connectivity index (χ0n) is 12.3. The second-order valence-corrected chi connectivity index (χ2v) is 6.29. The molecule has 1 atom stereocenters. The molecule has 0 radical (unpaired) electrons. The minimum Gasteiger partial charge on any atom is -0.376 e. The standard InChI is InChI=1S/C14H17ClF3N3O2/c15-11-12(8-3-4-8)21(20-13(11)14(16,17)18)7-10(22)19-6-9-2-1-5-23-9/h8-9H,1-7H2,(H,19,22). The van der Waals surface area contributed by atoms with Gasteiger partial charge in [-0.2, -0.15) is 18.3 Å². The molecule has 5 nitrogen and oxygen atoms in total. The predicted octanol–water partition coefficient (Wildman–Crippen LogP) is 2.73. The number of nitrogens with zero attached hydrogens (tertiary/aromatic N) is 2. The number of ether oxygens (including phenoxy) is 1. The van der Waals surface area contributed by atoms with Crippen molar-refractivity contribution in [1.82, 2.24) is 15.1 Å². The van der Waals surface area contributed by atoms with Crippen LogP contribution in [0.3, 0.4) is 0 Å². The molecule has 0 bridgehead atoms. The molecule has 1 aliphatic heterocycles. The fraction of sp³-hybridized carbons (Fsp3) is 0.714. The molecule has 9 heteroatoms. The number of hydrogen-bond acceptors (Lipinski definition) is 3. The molecule has 1 N–H and O–H groups in total. The normalized spacial score (nSPS) is 21.7. The summed E-state index contributed by atoms with van der Waals surface area (Å²) in [5, 5.41) is 5.83. The van der Waals surface area contributed by atoms with E-state index in [1.54, 1.807) is 0 Å². The Kier molecular flexibility index (Phi) is 4.55. The lowest BCUT2D eigenvalue weighted by Gasteiger charge is -2.12. The lowest BCUT2D eigenvalue weighted by Crippen LogP contribution is -2.34. The van der Waals surface area contributed by atoms with Crippen LogP contribution in [0.4, 0.5) is 13.2 Å². The van der Waals surface area contributed by atoms with Gasteiger partial charge in [-0.25, -0.2) is 0 Å². The van der Waals surface area contributed by atoms with Crippen molar-refractivity contribution in [3.63, 3.8) is 0 Å². The number of hydrogen-bond donors (Lipinski definition) is 1. The molecule has 1 saturated carbocycles. The Labute approximate surface area is 136 Å². The van der Waals surface area contributed by atoms with Crippen molar-refractivity contribution in [3.05, 3.63) is 16.4 Å². The predicted molar refractivity (Wildman–Crippen MR) is 76.2 cm³/mol. The molecule has 0 aromatic carbocycles. The first-order chi connectivity index (χ1) is 10.9. The van der Waals surface area contributed by atoms with E-state index in [-0.39, 0.29) is 23.6 Å². The van der Waals surface area contributed by atoms with Crippen molar-refractivity contribution in [2.24, 2.45) is 0 Å². The van der Waals surface area contributed by atoms with E-state index < -0.39 is 17.8 Å². The molecule has 2 aliphatic rings. The summed E-state index contributed by atoms with van der Waals surface area (Å²) in [5.74, 6) is -0.438. The molecular weight excluding hydrogens is 335 g/mol. The molecule has 128 valence electrons. The highest BCUT2D eigenvalue weighted by Gasteiger charge is 2.42. The van der Waals surface area contributed by atoms with Crippen LogP contribution in [0.1, 0.15) is 43.0 Å². The van der Waals surface area contributed by atoms with Gasteiger partial charge in [0.25, 0.3) is 0 Å². The summed E-state index contributed by atoms with van der Waals surface area (Å²) in [5.41, 5.74) is -0.806. The van der Waals surface area contributed by atoms with Crippen LogP contribution in [-0.2, 0) is 22.3 Å². The monoisotopic (exact) mass is 351 g/mol. The first-order valence-electron chi connectivity index (χ1n) is 7.58. The average molecular weight is 352 g/mol. The van der Waals surface area contributed by atoms with Gasteiger partial charge in [0.1, 0.15) is 6.54 Å². The summed E-state index contributed by atoms with van der Waals surface area (Å²) >= 11 is 5.86. The molecule has 1 amide bonds. The summed E-state index contributed by atoms with van der Waals surface area (Å²) in [6.07, 6.45) is -1.29. The van der Waals surface area contributed by atoms with Crippen LogP contribution in [-0.4, -0.2) is 34.9 Å². The molecule has 1 unspecified atom stereocenters. The van der Waals surface area contributed by atoms with Crippen molar-refractivity contribution in [3.8, 4) is 0 Å². The van der Waals surface area contributed by atoms with E-state index >= 15 is 0 Å². The van der Waals surface area contributed by atoms with Gasteiger partial charge in [-0.15, -0.1) is 0 Å². The lowest BCUT2D eigenvalue weighted by molar-refractivity contribution is -0.141. The van der Waals surface area contributed by atoms with E-state index in [2.05, 4.69) is 10.4 Å². The maximum absolute atomic E-state index is 12.9. The van der Waals surface area contributed by atoms with Crippen molar-refractivity contribution in [2.75, 3.05) is 13.2 Å². The average Bonchev–Trinajstić information content (AvgIpc) is 3.04. The molecule has 23 heavy (non-hydrogen) atoms. The SMILES string of the molecule is O=C(Cn1nc(C(F)(F)F)c(Cl)c1C1CC1)NCC1CCCO1. The highest BCUT2D eigenvalue weighted by Crippen LogP contribution is 2.46. The van der Waals surface area contributed by atoms with Crippen LogP contribution >= 0.6 is 11.6 Å².